The molecule has 0 bridgehead atoms. The number of hydrogen-bond donors (Lipinski definition) is 2. The highest BCUT2D eigenvalue weighted by Gasteiger charge is 2.27. The first-order valence-electron chi connectivity index (χ1n) is 7.25. The van der Waals surface area contributed by atoms with Gasteiger partial charge in [-0.2, -0.15) is 4.68 Å². The zero-order valence-corrected chi connectivity index (χ0v) is 12.9. The molecule has 2 rings (SSSR count). The van der Waals surface area contributed by atoms with Gasteiger partial charge in [-0.15, -0.1) is 5.10 Å². The number of nitrogens with zero attached hydrogens (tertiary/aromatic N) is 3. The molecule has 2 N–H and O–H groups in total. The molecule has 0 saturated heterocycles. The SMILES string of the molecule is CC(C)[C@@H](C(=O)NCCC(=O)O)n1nnc2ccccc2c1=O. The Hall–Kier alpha value is -2.77. The molecule has 0 unspecified atom stereocenters. The molecule has 1 aromatic heterocycles. The molecule has 1 atom stereocenters. The third kappa shape index (κ3) is 3.71. The van der Waals surface area contributed by atoms with E-state index in [1.54, 1.807) is 38.1 Å². The summed E-state index contributed by atoms with van der Waals surface area (Å²) in [5.41, 5.74) is 0.0604. The molecule has 1 heterocycles. The number of carbonyl (C=O) groups is 2. The van der Waals surface area contributed by atoms with Crippen LogP contribution in [0.1, 0.15) is 26.3 Å². The van der Waals surface area contributed by atoms with Crippen LogP contribution in [0.2, 0.25) is 0 Å². The van der Waals surface area contributed by atoms with Gasteiger partial charge in [-0.25, -0.2) is 0 Å². The number of carboxylic acids is 1. The lowest BCUT2D eigenvalue weighted by molar-refractivity contribution is -0.137. The van der Waals surface area contributed by atoms with Crippen LogP contribution in [-0.4, -0.2) is 38.5 Å². The van der Waals surface area contributed by atoms with E-state index in [0.29, 0.717) is 10.9 Å². The monoisotopic (exact) mass is 318 g/mol. The molecule has 0 saturated carbocycles. The van der Waals surface area contributed by atoms with Crippen molar-refractivity contribution in [2.45, 2.75) is 26.3 Å². The largest absolute Gasteiger partial charge is 0.481 e. The maximum atomic E-state index is 12.5. The van der Waals surface area contributed by atoms with Crippen molar-refractivity contribution in [3.8, 4) is 0 Å². The van der Waals surface area contributed by atoms with E-state index < -0.39 is 23.5 Å². The number of fused-ring (bicyclic) bond motifs is 1. The lowest BCUT2D eigenvalue weighted by Crippen LogP contribution is -2.42. The summed E-state index contributed by atoms with van der Waals surface area (Å²) in [5, 5.41) is 19.4. The highest BCUT2D eigenvalue weighted by Crippen LogP contribution is 2.16. The summed E-state index contributed by atoms with van der Waals surface area (Å²) >= 11 is 0. The van der Waals surface area contributed by atoms with E-state index in [2.05, 4.69) is 15.6 Å². The lowest BCUT2D eigenvalue weighted by atomic mass is 10.0. The quantitative estimate of drug-likeness (QED) is 0.805. The number of carboxylic acid groups (broad SMARTS) is 1. The topological polar surface area (TPSA) is 114 Å². The molecule has 0 aliphatic heterocycles. The average molecular weight is 318 g/mol. The van der Waals surface area contributed by atoms with Crippen molar-refractivity contribution in [3.63, 3.8) is 0 Å². The Kier molecular flexibility index (Phi) is 5.05. The molecule has 1 aromatic carbocycles. The molecule has 23 heavy (non-hydrogen) atoms. The Bertz CT molecular complexity index is 784. The minimum Gasteiger partial charge on any atom is -0.481 e. The molecule has 0 spiro atoms. The number of benzene rings is 1. The second-order valence-corrected chi connectivity index (χ2v) is 5.48. The maximum absolute atomic E-state index is 12.5. The van der Waals surface area contributed by atoms with E-state index in [-0.39, 0.29) is 18.9 Å². The maximum Gasteiger partial charge on any atom is 0.305 e. The van der Waals surface area contributed by atoms with Crippen LogP contribution in [0.15, 0.2) is 29.1 Å². The van der Waals surface area contributed by atoms with Crippen LogP contribution >= 0.6 is 0 Å². The smallest absolute Gasteiger partial charge is 0.305 e. The number of amides is 1. The van der Waals surface area contributed by atoms with E-state index in [4.69, 9.17) is 5.11 Å². The summed E-state index contributed by atoms with van der Waals surface area (Å²) in [7, 11) is 0. The number of rotatable bonds is 6. The van der Waals surface area contributed by atoms with Gasteiger partial charge in [-0.3, -0.25) is 14.4 Å². The Labute approximate surface area is 132 Å². The molecule has 8 heteroatoms. The first-order chi connectivity index (χ1) is 10.9. The molecule has 0 fully saturated rings. The summed E-state index contributed by atoms with van der Waals surface area (Å²) in [6.45, 7) is 3.56. The minimum absolute atomic E-state index is 0.00680. The average Bonchev–Trinajstić information content (AvgIpc) is 2.49. The van der Waals surface area contributed by atoms with Crippen LogP contribution in [0.3, 0.4) is 0 Å². The van der Waals surface area contributed by atoms with Crippen molar-refractivity contribution in [2.75, 3.05) is 6.54 Å². The van der Waals surface area contributed by atoms with Crippen molar-refractivity contribution in [1.82, 2.24) is 20.3 Å². The van der Waals surface area contributed by atoms with Crippen LogP contribution < -0.4 is 10.9 Å². The van der Waals surface area contributed by atoms with Crippen molar-refractivity contribution in [1.29, 1.82) is 0 Å². The predicted molar refractivity (Wildman–Crippen MR) is 82.9 cm³/mol. The molecule has 8 nitrogen and oxygen atoms in total. The van der Waals surface area contributed by atoms with E-state index >= 15 is 0 Å². The van der Waals surface area contributed by atoms with Crippen LogP contribution in [0.4, 0.5) is 0 Å². The summed E-state index contributed by atoms with van der Waals surface area (Å²) in [6, 6.07) is 5.91. The van der Waals surface area contributed by atoms with Gasteiger partial charge in [0.1, 0.15) is 11.6 Å². The second-order valence-electron chi connectivity index (χ2n) is 5.48. The molecular formula is C15H18N4O4. The highest BCUT2D eigenvalue weighted by molar-refractivity contribution is 5.82. The fourth-order valence-electron chi connectivity index (χ4n) is 2.28. The van der Waals surface area contributed by atoms with Gasteiger partial charge in [-0.05, 0) is 18.1 Å². The molecule has 0 radical (unpaired) electrons. The zero-order valence-electron chi connectivity index (χ0n) is 12.9. The first kappa shape index (κ1) is 16.6. The predicted octanol–water partition coefficient (Wildman–Crippen LogP) is 0.579. The lowest BCUT2D eigenvalue weighted by Gasteiger charge is -2.20. The van der Waals surface area contributed by atoms with Gasteiger partial charge in [0.15, 0.2) is 0 Å². The molecule has 2 aromatic rings. The molecule has 0 aliphatic rings. The van der Waals surface area contributed by atoms with Gasteiger partial charge >= 0.3 is 5.97 Å². The van der Waals surface area contributed by atoms with Gasteiger partial charge in [0.05, 0.1) is 11.8 Å². The number of nitrogens with one attached hydrogen (secondary N) is 1. The van der Waals surface area contributed by atoms with E-state index in [1.807, 2.05) is 0 Å². The van der Waals surface area contributed by atoms with E-state index in [9.17, 15) is 14.4 Å². The van der Waals surface area contributed by atoms with Crippen LogP contribution in [-0.2, 0) is 9.59 Å². The Morgan fingerprint density at radius 2 is 2.00 bits per heavy atom. The van der Waals surface area contributed by atoms with Gasteiger partial charge in [0.25, 0.3) is 5.56 Å². The zero-order chi connectivity index (χ0) is 17.0. The van der Waals surface area contributed by atoms with Gasteiger partial charge < -0.3 is 10.4 Å². The van der Waals surface area contributed by atoms with Gasteiger partial charge in [0, 0.05) is 6.54 Å². The van der Waals surface area contributed by atoms with Crippen LogP contribution in [0.25, 0.3) is 10.9 Å². The summed E-state index contributed by atoms with van der Waals surface area (Å²) in [4.78, 5) is 35.4. The van der Waals surface area contributed by atoms with Crippen LogP contribution in [0, 0.1) is 5.92 Å². The van der Waals surface area contributed by atoms with Crippen molar-refractivity contribution in [3.05, 3.63) is 34.6 Å². The third-order valence-electron chi connectivity index (χ3n) is 3.39. The molecular weight excluding hydrogens is 300 g/mol. The van der Waals surface area contributed by atoms with Gasteiger partial charge in [0.2, 0.25) is 5.91 Å². The van der Waals surface area contributed by atoms with Gasteiger partial charge in [-0.1, -0.05) is 31.2 Å². The highest BCUT2D eigenvalue weighted by atomic mass is 16.4. The normalized spacial score (nSPS) is 12.3. The number of hydrogen-bond acceptors (Lipinski definition) is 5. The van der Waals surface area contributed by atoms with E-state index in [1.165, 1.54) is 0 Å². The molecule has 1 amide bonds. The Balaban J connectivity index is 2.34. The second kappa shape index (κ2) is 6.99. The summed E-state index contributed by atoms with van der Waals surface area (Å²) in [5.74, 6) is -1.67. The fourth-order valence-corrected chi connectivity index (χ4v) is 2.28. The van der Waals surface area contributed by atoms with Crippen molar-refractivity contribution >= 4 is 22.8 Å². The Morgan fingerprint density at radius 1 is 1.30 bits per heavy atom. The van der Waals surface area contributed by atoms with Crippen molar-refractivity contribution in [2.24, 2.45) is 5.92 Å². The van der Waals surface area contributed by atoms with E-state index in [0.717, 1.165) is 4.68 Å². The number of aliphatic carboxylic acids is 1. The molecule has 122 valence electrons. The third-order valence-corrected chi connectivity index (χ3v) is 3.39. The van der Waals surface area contributed by atoms with Crippen molar-refractivity contribution < 1.29 is 14.7 Å². The summed E-state index contributed by atoms with van der Waals surface area (Å²) < 4.78 is 1.06. The number of carbonyl (C=O) groups excluding carboxylic acids is 1. The standard InChI is InChI=1S/C15H18N4O4/c1-9(2)13(14(22)16-8-7-12(20)21)19-15(23)10-5-3-4-6-11(10)17-18-19/h3-6,9,13H,7-8H2,1-2H3,(H,16,22)(H,20,21)/t13-/m0/s1. The van der Waals surface area contributed by atoms with Crippen LogP contribution in [0.5, 0.6) is 0 Å². The number of aromatic nitrogens is 3. The first-order valence-corrected chi connectivity index (χ1v) is 7.25. The molecule has 0 aliphatic carbocycles. The minimum atomic E-state index is -1.01. The fraction of sp³-hybridized carbons (Fsp3) is 0.400. The summed E-state index contributed by atoms with van der Waals surface area (Å²) in [6.07, 6.45) is -0.186. The Morgan fingerprint density at radius 3 is 2.65 bits per heavy atom.